The molecule has 0 bridgehead atoms. The largest absolute Gasteiger partial charge is 0.479 e. The fourth-order valence-corrected chi connectivity index (χ4v) is 2.79. The maximum atomic E-state index is 12.3. The first-order chi connectivity index (χ1) is 8.97. The molecule has 1 aromatic rings. The summed E-state index contributed by atoms with van der Waals surface area (Å²) in [4.78, 5) is 37.1. The van der Waals surface area contributed by atoms with Gasteiger partial charge < -0.3 is 5.11 Å². The van der Waals surface area contributed by atoms with Crippen molar-refractivity contribution >= 4 is 17.8 Å². The lowest BCUT2D eigenvalue weighted by atomic mass is 9.75. The quantitative estimate of drug-likeness (QED) is 0.818. The van der Waals surface area contributed by atoms with Crippen LogP contribution in [0.4, 0.5) is 0 Å². The number of nitrogens with zero attached hydrogens (tertiary/aromatic N) is 1. The van der Waals surface area contributed by atoms with Gasteiger partial charge in [0.1, 0.15) is 5.54 Å². The standard InChI is InChI=1S/C14H13NO4/c1-8-3-4-9-10(7-8)12(17)15(11(9)16)14(13(18)19)5-2-6-14/h3-4,7H,2,5-6H2,1H3,(H,18,19). The van der Waals surface area contributed by atoms with E-state index in [-0.39, 0.29) is 0 Å². The summed E-state index contributed by atoms with van der Waals surface area (Å²) in [6, 6.07) is 4.99. The van der Waals surface area contributed by atoms with Crippen molar-refractivity contribution in [3.8, 4) is 0 Å². The molecule has 0 unspecified atom stereocenters. The van der Waals surface area contributed by atoms with Gasteiger partial charge in [-0.2, -0.15) is 0 Å². The molecule has 1 N–H and O–H groups in total. The minimum absolute atomic E-state index is 0.308. The normalized spacial score (nSPS) is 20.2. The summed E-state index contributed by atoms with van der Waals surface area (Å²) in [6.07, 6.45) is 1.40. The second-order valence-corrected chi connectivity index (χ2v) is 5.19. The molecule has 0 spiro atoms. The number of aliphatic carboxylic acids is 1. The Bertz CT molecular complexity index is 616. The van der Waals surface area contributed by atoms with E-state index < -0.39 is 23.3 Å². The lowest BCUT2D eigenvalue weighted by molar-refractivity contribution is -0.153. The van der Waals surface area contributed by atoms with Gasteiger partial charge in [-0.15, -0.1) is 0 Å². The highest BCUT2D eigenvalue weighted by Crippen LogP contribution is 2.42. The second-order valence-electron chi connectivity index (χ2n) is 5.19. The molecule has 1 aliphatic heterocycles. The summed E-state index contributed by atoms with van der Waals surface area (Å²) < 4.78 is 0. The average Bonchev–Trinajstić information content (AvgIpc) is 2.52. The molecular weight excluding hydrogens is 246 g/mol. The predicted molar refractivity (Wildman–Crippen MR) is 65.9 cm³/mol. The molecule has 1 heterocycles. The van der Waals surface area contributed by atoms with Crippen LogP contribution in [0.1, 0.15) is 45.5 Å². The fourth-order valence-electron chi connectivity index (χ4n) is 2.79. The molecule has 19 heavy (non-hydrogen) atoms. The zero-order valence-electron chi connectivity index (χ0n) is 10.5. The van der Waals surface area contributed by atoms with Gasteiger partial charge in [-0.1, -0.05) is 11.6 Å². The number of carboxylic acids is 1. The van der Waals surface area contributed by atoms with Crippen LogP contribution in [0.3, 0.4) is 0 Å². The zero-order chi connectivity index (χ0) is 13.8. The summed E-state index contributed by atoms with van der Waals surface area (Å²) in [5, 5.41) is 9.37. The van der Waals surface area contributed by atoms with E-state index in [9.17, 15) is 19.5 Å². The summed E-state index contributed by atoms with van der Waals surface area (Å²) in [5.74, 6) is -2.06. The molecule has 1 fully saturated rings. The molecule has 5 nitrogen and oxygen atoms in total. The number of amides is 2. The fraction of sp³-hybridized carbons (Fsp3) is 0.357. The minimum Gasteiger partial charge on any atom is -0.479 e. The van der Waals surface area contributed by atoms with Gasteiger partial charge in [0.15, 0.2) is 0 Å². The van der Waals surface area contributed by atoms with Gasteiger partial charge in [-0.05, 0) is 38.3 Å². The lowest BCUT2D eigenvalue weighted by Gasteiger charge is -2.43. The Labute approximate surface area is 109 Å². The number of aryl methyl sites for hydroxylation is 1. The maximum absolute atomic E-state index is 12.3. The van der Waals surface area contributed by atoms with Gasteiger partial charge in [0.2, 0.25) is 0 Å². The van der Waals surface area contributed by atoms with Crippen LogP contribution in [0, 0.1) is 6.92 Å². The van der Waals surface area contributed by atoms with E-state index in [0.717, 1.165) is 16.9 Å². The van der Waals surface area contributed by atoms with Crippen LogP contribution >= 0.6 is 0 Å². The highest BCUT2D eigenvalue weighted by Gasteiger charge is 2.57. The number of hydrogen-bond acceptors (Lipinski definition) is 3. The SMILES string of the molecule is Cc1ccc2c(c1)C(=O)N(C1(C(=O)O)CCC1)C2=O. The Balaban J connectivity index is 2.10. The summed E-state index contributed by atoms with van der Waals surface area (Å²) >= 11 is 0. The smallest absolute Gasteiger partial charge is 0.330 e. The van der Waals surface area contributed by atoms with E-state index in [2.05, 4.69) is 0 Å². The first-order valence-corrected chi connectivity index (χ1v) is 6.20. The van der Waals surface area contributed by atoms with E-state index in [1.807, 2.05) is 6.92 Å². The van der Waals surface area contributed by atoms with Gasteiger partial charge >= 0.3 is 5.97 Å². The number of carbonyl (C=O) groups is 3. The van der Waals surface area contributed by atoms with E-state index in [1.165, 1.54) is 0 Å². The molecule has 0 saturated heterocycles. The Hall–Kier alpha value is -2.17. The van der Waals surface area contributed by atoms with Gasteiger partial charge in [0.05, 0.1) is 11.1 Å². The topological polar surface area (TPSA) is 74.7 Å². The number of hydrogen-bond donors (Lipinski definition) is 1. The van der Waals surface area contributed by atoms with E-state index in [1.54, 1.807) is 18.2 Å². The third-order valence-corrected chi connectivity index (χ3v) is 4.05. The van der Waals surface area contributed by atoms with Crippen LogP contribution in [0.2, 0.25) is 0 Å². The zero-order valence-corrected chi connectivity index (χ0v) is 10.5. The van der Waals surface area contributed by atoms with Crippen LogP contribution < -0.4 is 0 Å². The molecule has 1 saturated carbocycles. The molecular formula is C14H13NO4. The van der Waals surface area contributed by atoms with E-state index >= 15 is 0 Å². The number of rotatable bonds is 2. The Morgan fingerprint density at radius 2 is 1.84 bits per heavy atom. The highest BCUT2D eigenvalue weighted by molar-refractivity contribution is 6.23. The number of benzene rings is 1. The van der Waals surface area contributed by atoms with E-state index in [4.69, 9.17) is 0 Å². The first-order valence-electron chi connectivity index (χ1n) is 6.20. The van der Waals surface area contributed by atoms with Crippen molar-refractivity contribution in [1.82, 2.24) is 4.90 Å². The number of carbonyl (C=O) groups excluding carboxylic acids is 2. The van der Waals surface area contributed by atoms with Crippen molar-refractivity contribution in [2.24, 2.45) is 0 Å². The number of carboxylic acid groups (broad SMARTS) is 1. The third-order valence-electron chi connectivity index (χ3n) is 4.05. The molecule has 0 radical (unpaired) electrons. The molecule has 0 atom stereocenters. The van der Waals surface area contributed by atoms with Crippen LogP contribution in [0.5, 0.6) is 0 Å². The Kier molecular flexibility index (Phi) is 2.29. The molecule has 3 rings (SSSR count). The summed E-state index contributed by atoms with van der Waals surface area (Å²) in [7, 11) is 0. The molecule has 98 valence electrons. The van der Waals surface area contributed by atoms with Crippen molar-refractivity contribution in [2.75, 3.05) is 0 Å². The van der Waals surface area contributed by atoms with Crippen LogP contribution in [0.15, 0.2) is 18.2 Å². The predicted octanol–water partition coefficient (Wildman–Crippen LogP) is 1.60. The summed E-state index contributed by atoms with van der Waals surface area (Å²) in [5.41, 5.74) is 0.168. The van der Waals surface area contributed by atoms with Crippen molar-refractivity contribution in [1.29, 1.82) is 0 Å². The second kappa shape index (κ2) is 3.66. The van der Waals surface area contributed by atoms with Crippen molar-refractivity contribution in [3.05, 3.63) is 34.9 Å². The van der Waals surface area contributed by atoms with Gasteiger partial charge in [-0.3, -0.25) is 14.5 Å². The monoisotopic (exact) mass is 259 g/mol. The minimum atomic E-state index is -1.33. The maximum Gasteiger partial charge on any atom is 0.330 e. The average molecular weight is 259 g/mol. The van der Waals surface area contributed by atoms with Crippen molar-refractivity contribution in [3.63, 3.8) is 0 Å². The van der Waals surface area contributed by atoms with Crippen molar-refractivity contribution in [2.45, 2.75) is 31.7 Å². The van der Waals surface area contributed by atoms with Gasteiger partial charge in [0.25, 0.3) is 11.8 Å². The van der Waals surface area contributed by atoms with Gasteiger partial charge in [-0.25, -0.2) is 4.79 Å². The molecule has 2 aliphatic rings. The molecule has 1 aliphatic carbocycles. The number of imide groups is 1. The molecule has 0 aromatic heterocycles. The highest BCUT2D eigenvalue weighted by atomic mass is 16.4. The lowest BCUT2D eigenvalue weighted by Crippen LogP contribution is -2.61. The van der Waals surface area contributed by atoms with Crippen LogP contribution in [0.25, 0.3) is 0 Å². The Morgan fingerprint density at radius 3 is 2.37 bits per heavy atom. The van der Waals surface area contributed by atoms with Crippen LogP contribution in [-0.4, -0.2) is 33.3 Å². The Morgan fingerprint density at radius 1 is 1.21 bits per heavy atom. The first kappa shape index (κ1) is 11.9. The summed E-state index contributed by atoms with van der Waals surface area (Å²) in [6.45, 7) is 1.83. The number of fused-ring (bicyclic) bond motifs is 1. The molecule has 1 aromatic carbocycles. The van der Waals surface area contributed by atoms with Crippen molar-refractivity contribution < 1.29 is 19.5 Å². The van der Waals surface area contributed by atoms with E-state index in [0.29, 0.717) is 24.0 Å². The van der Waals surface area contributed by atoms with Gasteiger partial charge in [0, 0.05) is 0 Å². The molecule has 2 amide bonds. The molecule has 5 heteroatoms. The third kappa shape index (κ3) is 1.38. The van der Waals surface area contributed by atoms with Crippen LogP contribution in [-0.2, 0) is 4.79 Å².